The Morgan fingerprint density at radius 3 is 2.19 bits per heavy atom. The number of hydrogen-bond donors (Lipinski definition) is 2. The van der Waals surface area contributed by atoms with E-state index < -0.39 is 27.8 Å². The van der Waals surface area contributed by atoms with Gasteiger partial charge in [-0.1, -0.05) is 32.0 Å². The summed E-state index contributed by atoms with van der Waals surface area (Å²) in [6.45, 7) is 3.90. The first-order valence-corrected chi connectivity index (χ1v) is 9.08. The van der Waals surface area contributed by atoms with E-state index in [0.717, 1.165) is 17.7 Å². The highest BCUT2D eigenvalue weighted by atomic mass is 32.2. The van der Waals surface area contributed by atoms with Crippen LogP contribution in [0.2, 0.25) is 0 Å². The van der Waals surface area contributed by atoms with Crippen molar-refractivity contribution in [2.24, 2.45) is 0 Å². The molecular weight excluding hydrogens is 369 g/mol. The molecule has 140 valence electrons. The second kappa shape index (κ2) is 7.36. The first-order valence-electron chi connectivity index (χ1n) is 7.60. The topological polar surface area (TPSA) is 75.3 Å². The number of urea groups is 1. The largest absolute Gasteiger partial charge is 0.416 e. The minimum absolute atomic E-state index is 0.124. The van der Waals surface area contributed by atoms with Crippen molar-refractivity contribution in [3.8, 4) is 0 Å². The molecule has 2 amide bonds. The molecule has 0 aliphatic heterocycles. The molecule has 0 aliphatic carbocycles. The molecule has 0 radical (unpaired) electrons. The molecule has 0 aromatic heterocycles. The lowest BCUT2D eigenvalue weighted by molar-refractivity contribution is -0.137. The average Bonchev–Trinajstić information content (AvgIpc) is 2.53. The number of anilines is 1. The average molecular weight is 386 g/mol. The molecule has 2 aromatic carbocycles. The number of sulfonamides is 1. The minimum Gasteiger partial charge on any atom is -0.307 e. The van der Waals surface area contributed by atoms with Gasteiger partial charge in [0.2, 0.25) is 0 Å². The van der Waals surface area contributed by atoms with Gasteiger partial charge in [0.15, 0.2) is 0 Å². The fourth-order valence-corrected chi connectivity index (χ4v) is 3.05. The van der Waals surface area contributed by atoms with Crippen molar-refractivity contribution in [2.45, 2.75) is 30.8 Å². The molecule has 0 heterocycles. The lowest BCUT2D eigenvalue weighted by Gasteiger charge is -2.12. The van der Waals surface area contributed by atoms with Gasteiger partial charge in [-0.05, 0) is 41.8 Å². The number of nitrogens with one attached hydrogen (secondary N) is 2. The lowest BCUT2D eigenvalue weighted by Crippen LogP contribution is -2.34. The number of amides is 2. The van der Waals surface area contributed by atoms with Crippen LogP contribution in [0.1, 0.15) is 30.9 Å². The van der Waals surface area contributed by atoms with Crippen LogP contribution in [-0.4, -0.2) is 14.4 Å². The highest BCUT2D eigenvalue weighted by Gasteiger charge is 2.30. The minimum atomic E-state index is -4.57. The highest BCUT2D eigenvalue weighted by Crippen LogP contribution is 2.30. The van der Waals surface area contributed by atoms with Crippen molar-refractivity contribution in [1.29, 1.82) is 0 Å². The Bertz CT molecular complexity index is 892. The Balaban J connectivity index is 2.11. The van der Waals surface area contributed by atoms with E-state index in [0.29, 0.717) is 6.07 Å². The molecule has 5 nitrogen and oxygen atoms in total. The smallest absolute Gasteiger partial charge is 0.307 e. The molecule has 2 aromatic rings. The summed E-state index contributed by atoms with van der Waals surface area (Å²) in [5.41, 5.74) is -0.206. The van der Waals surface area contributed by atoms with E-state index in [4.69, 9.17) is 0 Å². The van der Waals surface area contributed by atoms with Crippen molar-refractivity contribution in [2.75, 3.05) is 5.32 Å². The van der Waals surface area contributed by atoms with E-state index in [1.165, 1.54) is 18.2 Å². The fourth-order valence-electron chi connectivity index (χ4n) is 2.14. The number of carbonyl (C=O) groups is 1. The molecule has 0 aliphatic rings. The first-order chi connectivity index (χ1) is 12.0. The molecule has 0 fully saturated rings. The van der Waals surface area contributed by atoms with Crippen LogP contribution in [-0.2, 0) is 16.2 Å². The van der Waals surface area contributed by atoms with Gasteiger partial charge in [-0.2, -0.15) is 13.2 Å². The van der Waals surface area contributed by atoms with E-state index >= 15 is 0 Å². The molecule has 0 saturated heterocycles. The first kappa shape index (κ1) is 19.8. The molecule has 2 N–H and O–H groups in total. The Labute approximate surface area is 149 Å². The number of halogens is 3. The van der Waals surface area contributed by atoms with Crippen LogP contribution >= 0.6 is 0 Å². The molecule has 0 spiro atoms. The van der Waals surface area contributed by atoms with Gasteiger partial charge in [0, 0.05) is 5.69 Å². The summed E-state index contributed by atoms with van der Waals surface area (Å²) < 4.78 is 64.1. The number of hydrogen-bond acceptors (Lipinski definition) is 3. The van der Waals surface area contributed by atoms with E-state index in [1.54, 1.807) is 16.9 Å². The highest BCUT2D eigenvalue weighted by molar-refractivity contribution is 7.90. The third kappa shape index (κ3) is 4.98. The Morgan fingerprint density at radius 1 is 1.04 bits per heavy atom. The molecule has 0 atom stereocenters. The van der Waals surface area contributed by atoms with E-state index in [1.807, 2.05) is 13.8 Å². The summed E-state index contributed by atoms with van der Waals surface area (Å²) >= 11 is 0. The SMILES string of the molecule is CC(C)c1ccc(S(=O)(=O)NC(=O)Nc2cccc(C(F)(F)F)c2)cc1. The Hall–Kier alpha value is -2.55. The Morgan fingerprint density at radius 2 is 1.65 bits per heavy atom. The summed E-state index contributed by atoms with van der Waals surface area (Å²) in [5.74, 6) is 0.212. The third-order valence-electron chi connectivity index (χ3n) is 3.53. The molecule has 0 saturated carbocycles. The molecule has 26 heavy (non-hydrogen) atoms. The molecule has 0 bridgehead atoms. The summed E-state index contributed by atoms with van der Waals surface area (Å²) in [7, 11) is -4.14. The third-order valence-corrected chi connectivity index (χ3v) is 4.88. The van der Waals surface area contributed by atoms with E-state index in [9.17, 15) is 26.4 Å². The summed E-state index contributed by atoms with van der Waals surface area (Å²) in [6.07, 6.45) is -4.57. The van der Waals surface area contributed by atoms with Gasteiger partial charge in [-0.3, -0.25) is 0 Å². The second-order valence-electron chi connectivity index (χ2n) is 5.86. The standard InChI is InChI=1S/C17H17F3N2O3S/c1-11(2)12-6-8-15(9-7-12)26(24,25)22-16(23)21-14-5-3-4-13(10-14)17(18,19)20/h3-11H,1-2H3,(H2,21,22,23). The molecule has 9 heteroatoms. The van der Waals surface area contributed by atoms with Crippen molar-refractivity contribution in [1.82, 2.24) is 4.72 Å². The van der Waals surface area contributed by atoms with Gasteiger partial charge >= 0.3 is 12.2 Å². The van der Waals surface area contributed by atoms with Crippen molar-refractivity contribution in [3.63, 3.8) is 0 Å². The maximum atomic E-state index is 12.7. The summed E-state index contributed by atoms with van der Waals surface area (Å²) in [6, 6.07) is 8.70. The zero-order chi connectivity index (χ0) is 19.5. The maximum absolute atomic E-state index is 12.7. The van der Waals surface area contributed by atoms with Gasteiger partial charge in [0.1, 0.15) is 0 Å². The predicted molar refractivity (Wildman–Crippen MR) is 91.3 cm³/mol. The van der Waals surface area contributed by atoms with Gasteiger partial charge < -0.3 is 5.32 Å². The van der Waals surface area contributed by atoms with E-state index in [2.05, 4.69) is 5.32 Å². The zero-order valence-electron chi connectivity index (χ0n) is 14.0. The summed E-state index contributed by atoms with van der Waals surface area (Å²) in [5, 5.41) is 2.08. The van der Waals surface area contributed by atoms with Gasteiger partial charge in [-0.25, -0.2) is 17.9 Å². The quantitative estimate of drug-likeness (QED) is 0.821. The maximum Gasteiger partial charge on any atom is 0.416 e. The molecule has 2 rings (SSSR count). The van der Waals surface area contributed by atoms with Crippen LogP contribution in [0.15, 0.2) is 53.4 Å². The normalized spacial score (nSPS) is 12.1. The van der Waals surface area contributed by atoms with Gasteiger partial charge in [0.05, 0.1) is 10.5 Å². The van der Waals surface area contributed by atoms with Gasteiger partial charge in [0.25, 0.3) is 10.0 Å². The fraction of sp³-hybridized carbons (Fsp3) is 0.235. The Kier molecular flexibility index (Phi) is 5.60. The van der Waals surface area contributed by atoms with Gasteiger partial charge in [-0.15, -0.1) is 0 Å². The second-order valence-corrected chi connectivity index (χ2v) is 7.54. The van der Waals surface area contributed by atoms with Crippen LogP contribution in [0.4, 0.5) is 23.7 Å². The number of alkyl halides is 3. The van der Waals surface area contributed by atoms with E-state index in [-0.39, 0.29) is 16.5 Å². The van der Waals surface area contributed by atoms with Crippen molar-refractivity contribution >= 4 is 21.7 Å². The lowest BCUT2D eigenvalue weighted by atomic mass is 10.0. The predicted octanol–water partition coefficient (Wildman–Crippen LogP) is 4.34. The van der Waals surface area contributed by atoms with Crippen LogP contribution in [0.5, 0.6) is 0 Å². The zero-order valence-corrected chi connectivity index (χ0v) is 14.8. The monoisotopic (exact) mass is 386 g/mol. The van der Waals surface area contributed by atoms with Crippen molar-refractivity contribution < 1.29 is 26.4 Å². The summed E-state index contributed by atoms with van der Waals surface area (Å²) in [4.78, 5) is 11.7. The number of carbonyl (C=O) groups excluding carboxylic acids is 1. The number of rotatable bonds is 4. The number of benzene rings is 2. The van der Waals surface area contributed by atoms with Crippen LogP contribution in [0.25, 0.3) is 0 Å². The van der Waals surface area contributed by atoms with Crippen LogP contribution in [0, 0.1) is 0 Å². The van der Waals surface area contributed by atoms with Crippen LogP contribution in [0.3, 0.4) is 0 Å². The molecular formula is C17H17F3N2O3S. The van der Waals surface area contributed by atoms with Crippen molar-refractivity contribution in [3.05, 3.63) is 59.7 Å². The van der Waals surface area contributed by atoms with Crippen LogP contribution < -0.4 is 10.0 Å². The molecule has 0 unspecified atom stereocenters.